The van der Waals surface area contributed by atoms with Crippen LogP contribution in [0.25, 0.3) is 0 Å². The summed E-state index contributed by atoms with van der Waals surface area (Å²) in [7, 11) is 0. The fourth-order valence-electron chi connectivity index (χ4n) is 1.97. The van der Waals surface area contributed by atoms with Crippen LogP contribution in [0.15, 0.2) is 42.7 Å². The Balaban J connectivity index is 2.13. The van der Waals surface area contributed by atoms with Gasteiger partial charge in [0.2, 0.25) is 0 Å². The monoisotopic (exact) mass is 266 g/mol. The van der Waals surface area contributed by atoms with Gasteiger partial charge >= 0.3 is 0 Å². The lowest BCUT2D eigenvalue weighted by Gasteiger charge is -2.05. The van der Waals surface area contributed by atoms with Gasteiger partial charge in [0.15, 0.2) is 0 Å². The van der Waals surface area contributed by atoms with Crippen LogP contribution < -0.4 is 0 Å². The van der Waals surface area contributed by atoms with E-state index < -0.39 is 4.92 Å². The van der Waals surface area contributed by atoms with Crippen molar-refractivity contribution in [3.8, 4) is 6.07 Å². The molecule has 0 bridgehead atoms. The summed E-state index contributed by atoms with van der Waals surface area (Å²) in [5.41, 5.74) is 1.83. The minimum absolute atomic E-state index is 0.00788. The first-order valence-electron chi connectivity index (χ1n) is 6.09. The van der Waals surface area contributed by atoms with Gasteiger partial charge in [-0.3, -0.25) is 15.1 Å². The van der Waals surface area contributed by atoms with Gasteiger partial charge in [-0.15, -0.1) is 0 Å². The van der Waals surface area contributed by atoms with Gasteiger partial charge in [0.1, 0.15) is 0 Å². The van der Waals surface area contributed by atoms with Crippen molar-refractivity contribution < 1.29 is 4.92 Å². The number of nitriles is 1. The van der Waals surface area contributed by atoms with Crippen molar-refractivity contribution in [2.24, 2.45) is 0 Å². The van der Waals surface area contributed by atoms with E-state index in [9.17, 15) is 10.1 Å². The van der Waals surface area contributed by atoms with Crippen molar-refractivity contribution in [3.05, 3.63) is 76.0 Å². The molecule has 1 heterocycles. The maximum Gasteiger partial charge on any atom is 0.273 e. The zero-order chi connectivity index (χ0) is 14.4. The number of benzene rings is 1. The molecule has 0 aliphatic rings. The maximum absolute atomic E-state index is 11.0. The summed E-state index contributed by atoms with van der Waals surface area (Å²) in [4.78, 5) is 14.6. The molecule has 1 aromatic heterocycles. The van der Waals surface area contributed by atoms with E-state index in [1.165, 1.54) is 12.1 Å². The summed E-state index contributed by atoms with van der Waals surface area (Å²) in [6, 6.07) is 10.3. The molecule has 1 aromatic carbocycles. The first kappa shape index (κ1) is 13.7. The van der Waals surface area contributed by atoms with Crippen LogP contribution in [0.2, 0.25) is 0 Å². The van der Waals surface area contributed by atoms with Gasteiger partial charge in [-0.2, -0.15) is 5.26 Å². The molecule has 0 aliphatic carbocycles. The highest BCUT2D eigenvalue weighted by Crippen LogP contribution is 2.23. The zero-order valence-corrected chi connectivity index (χ0v) is 10.7. The second-order valence-electron chi connectivity index (χ2n) is 4.23. The van der Waals surface area contributed by atoms with Crippen LogP contribution in [-0.2, 0) is 12.8 Å². The molecule has 2 rings (SSSR count). The molecule has 0 unspecified atom stereocenters. The fourth-order valence-corrected chi connectivity index (χ4v) is 1.97. The van der Waals surface area contributed by atoms with E-state index in [0.717, 1.165) is 5.56 Å². The highest BCUT2D eigenvalue weighted by molar-refractivity contribution is 5.51. The molecule has 0 amide bonds. The third-order valence-electron chi connectivity index (χ3n) is 2.92. The van der Waals surface area contributed by atoms with E-state index >= 15 is 0 Å². The van der Waals surface area contributed by atoms with Crippen molar-refractivity contribution in [1.82, 2.24) is 4.98 Å². The summed E-state index contributed by atoms with van der Waals surface area (Å²) in [5.74, 6) is 0. The molecule has 99 valence electrons. The van der Waals surface area contributed by atoms with Crippen molar-refractivity contribution in [3.63, 3.8) is 0 Å². The predicted molar refractivity (Wildman–Crippen MR) is 73.8 cm³/mol. The molecular weight excluding hydrogens is 254 g/mol. The second kappa shape index (κ2) is 6.43. The van der Waals surface area contributed by atoms with Gasteiger partial charge in [-0.25, -0.2) is 0 Å². The number of hydrogen-bond donors (Lipinski definition) is 0. The first-order valence-corrected chi connectivity index (χ1v) is 6.09. The third kappa shape index (κ3) is 3.18. The van der Waals surface area contributed by atoms with E-state index in [-0.39, 0.29) is 5.69 Å². The van der Waals surface area contributed by atoms with E-state index in [0.29, 0.717) is 24.0 Å². The highest BCUT2D eigenvalue weighted by atomic mass is 16.6. The third-order valence-corrected chi connectivity index (χ3v) is 2.92. The van der Waals surface area contributed by atoms with Crippen molar-refractivity contribution >= 4 is 5.69 Å². The number of nitrogens with zero attached hydrogens (tertiary/aromatic N) is 3. The normalized spacial score (nSPS) is 9.95. The molecule has 0 fully saturated rings. The molecule has 0 atom stereocenters. The van der Waals surface area contributed by atoms with Crippen LogP contribution in [-0.4, -0.2) is 9.91 Å². The van der Waals surface area contributed by atoms with Crippen LogP contribution in [0.5, 0.6) is 0 Å². The Morgan fingerprint density at radius 3 is 2.80 bits per heavy atom. The Kier molecular flexibility index (Phi) is 4.40. The van der Waals surface area contributed by atoms with Crippen LogP contribution in [0.3, 0.4) is 0 Å². The number of pyridine rings is 1. The van der Waals surface area contributed by atoms with Gasteiger partial charge in [-0.1, -0.05) is 12.1 Å². The predicted octanol–water partition coefficient (Wildman–Crippen LogP) is 2.85. The van der Waals surface area contributed by atoms with Gasteiger partial charge in [-0.05, 0) is 37.0 Å². The van der Waals surface area contributed by atoms with Crippen molar-refractivity contribution in [2.45, 2.75) is 12.8 Å². The molecule has 5 heteroatoms. The molecule has 0 saturated carbocycles. The van der Waals surface area contributed by atoms with Crippen LogP contribution in [0.4, 0.5) is 5.69 Å². The SMILES string of the molecule is N#Cc1cccc([N+](=O)[O-])c1C[CH]Cc1cccnc1. The molecule has 0 N–H and O–H groups in total. The molecule has 5 nitrogen and oxygen atoms in total. The van der Waals surface area contributed by atoms with Crippen molar-refractivity contribution in [2.75, 3.05) is 0 Å². The van der Waals surface area contributed by atoms with E-state index in [2.05, 4.69) is 4.98 Å². The lowest BCUT2D eigenvalue weighted by atomic mass is 9.99. The average Bonchev–Trinajstić information content (AvgIpc) is 2.48. The Morgan fingerprint density at radius 1 is 1.30 bits per heavy atom. The first-order chi connectivity index (χ1) is 9.72. The minimum atomic E-state index is -0.450. The molecular formula is C15H12N3O2. The molecule has 1 radical (unpaired) electrons. The van der Waals surface area contributed by atoms with Crippen LogP contribution in [0, 0.1) is 27.9 Å². The van der Waals surface area contributed by atoms with Gasteiger partial charge in [0.05, 0.1) is 16.6 Å². The Labute approximate surface area is 116 Å². The Bertz CT molecular complexity index is 648. The summed E-state index contributed by atoms with van der Waals surface area (Å²) in [5, 5.41) is 20.0. The van der Waals surface area contributed by atoms with E-state index in [1.54, 1.807) is 18.5 Å². The topological polar surface area (TPSA) is 79.8 Å². The summed E-state index contributed by atoms with van der Waals surface area (Å²) < 4.78 is 0. The van der Waals surface area contributed by atoms with Gasteiger partial charge in [0.25, 0.3) is 5.69 Å². The average molecular weight is 266 g/mol. The number of aromatic nitrogens is 1. The van der Waals surface area contributed by atoms with Gasteiger partial charge < -0.3 is 0 Å². The summed E-state index contributed by atoms with van der Waals surface area (Å²) in [6.07, 6.45) is 6.40. The summed E-state index contributed by atoms with van der Waals surface area (Å²) >= 11 is 0. The number of nitro groups is 1. The molecule has 0 saturated heterocycles. The quantitative estimate of drug-likeness (QED) is 0.615. The van der Waals surface area contributed by atoms with E-state index in [4.69, 9.17) is 5.26 Å². The Hall–Kier alpha value is -2.74. The molecule has 0 spiro atoms. The van der Waals surface area contributed by atoms with Crippen LogP contribution in [0.1, 0.15) is 16.7 Å². The minimum Gasteiger partial charge on any atom is -0.264 e. The van der Waals surface area contributed by atoms with Crippen LogP contribution >= 0.6 is 0 Å². The summed E-state index contributed by atoms with van der Waals surface area (Å²) in [6.45, 7) is 0. The van der Waals surface area contributed by atoms with E-state index in [1.807, 2.05) is 24.6 Å². The lowest BCUT2D eigenvalue weighted by Crippen LogP contribution is -2.00. The molecule has 2 aromatic rings. The van der Waals surface area contributed by atoms with Crippen molar-refractivity contribution in [1.29, 1.82) is 5.26 Å². The lowest BCUT2D eigenvalue weighted by molar-refractivity contribution is -0.385. The fraction of sp³-hybridized carbons (Fsp3) is 0.133. The molecule has 0 aliphatic heterocycles. The highest BCUT2D eigenvalue weighted by Gasteiger charge is 2.16. The Morgan fingerprint density at radius 2 is 2.15 bits per heavy atom. The smallest absolute Gasteiger partial charge is 0.264 e. The van der Waals surface area contributed by atoms with Gasteiger partial charge in [0, 0.05) is 24.0 Å². The zero-order valence-electron chi connectivity index (χ0n) is 10.7. The standard InChI is InChI=1S/C15H12N3O2/c16-10-13-6-2-8-15(18(19)20)14(13)7-1-4-12-5-3-9-17-11-12/h1-3,5-6,8-9,11H,4,7H2. The number of hydrogen-bond acceptors (Lipinski definition) is 4. The maximum atomic E-state index is 11.0. The second-order valence-corrected chi connectivity index (χ2v) is 4.23. The molecule has 20 heavy (non-hydrogen) atoms. The number of rotatable bonds is 5. The largest absolute Gasteiger partial charge is 0.273 e. The number of nitro benzene ring substituents is 1.